The third-order valence-electron chi connectivity index (χ3n) is 5.88. The van der Waals surface area contributed by atoms with Crippen LogP contribution in [0.15, 0.2) is 6.33 Å². The van der Waals surface area contributed by atoms with Gasteiger partial charge in [0, 0.05) is 26.2 Å². The number of anilines is 1. The molecule has 0 aromatic carbocycles. The highest BCUT2D eigenvalue weighted by atomic mass is 32.1. The minimum Gasteiger partial charge on any atom is -0.376 e. The summed E-state index contributed by atoms with van der Waals surface area (Å²) in [6.07, 6.45) is 9.97. The van der Waals surface area contributed by atoms with Crippen LogP contribution in [0.1, 0.15) is 60.2 Å². The fourth-order valence-electron chi connectivity index (χ4n) is 4.22. The van der Waals surface area contributed by atoms with E-state index < -0.39 is 0 Å². The van der Waals surface area contributed by atoms with Crippen molar-refractivity contribution in [1.29, 1.82) is 0 Å². The van der Waals surface area contributed by atoms with Crippen molar-refractivity contribution in [2.75, 3.05) is 25.5 Å². The molecule has 1 aliphatic carbocycles. The fourth-order valence-corrected chi connectivity index (χ4v) is 5.35. The number of aryl methyl sites for hydroxylation is 1. The van der Waals surface area contributed by atoms with Gasteiger partial charge in [0.2, 0.25) is 0 Å². The number of fused-ring (bicyclic) bond motifs is 1. The second kappa shape index (κ2) is 8.10. The highest BCUT2D eigenvalue weighted by Gasteiger charge is 2.27. The van der Waals surface area contributed by atoms with Crippen LogP contribution in [0.25, 0.3) is 10.2 Å². The Kier molecular flexibility index (Phi) is 5.59. The molecule has 0 spiro atoms. The average Bonchev–Trinajstić information content (AvgIpc) is 3.34. The lowest BCUT2D eigenvalue weighted by atomic mass is 9.94. The van der Waals surface area contributed by atoms with Crippen LogP contribution in [-0.4, -0.2) is 53.1 Å². The monoisotopic (exact) mass is 388 g/mol. The third kappa shape index (κ3) is 3.80. The van der Waals surface area contributed by atoms with Crippen molar-refractivity contribution >= 4 is 33.3 Å². The van der Waals surface area contributed by atoms with Gasteiger partial charge >= 0.3 is 0 Å². The van der Waals surface area contributed by atoms with Gasteiger partial charge in [0.15, 0.2) is 0 Å². The minimum atomic E-state index is 0.118. The van der Waals surface area contributed by atoms with Crippen molar-refractivity contribution < 1.29 is 9.53 Å². The predicted molar refractivity (Wildman–Crippen MR) is 109 cm³/mol. The first-order chi connectivity index (χ1) is 13.1. The molecule has 4 rings (SSSR count). The summed E-state index contributed by atoms with van der Waals surface area (Å²) in [5.74, 6) is 0.927. The van der Waals surface area contributed by atoms with Crippen LogP contribution in [0.5, 0.6) is 0 Å². The van der Waals surface area contributed by atoms with Gasteiger partial charge in [-0.1, -0.05) is 19.3 Å². The number of nitrogens with one attached hydrogen (secondary N) is 1. The van der Waals surface area contributed by atoms with Crippen LogP contribution < -0.4 is 5.32 Å². The van der Waals surface area contributed by atoms with E-state index in [0.29, 0.717) is 6.04 Å². The van der Waals surface area contributed by atoms with E-state index in [0.717, 1.165) is 65.3 Å². The molecule has 2 aliphatic rings. The summed E-state index contributed by atoms with van der Waals surface area (Å²) in [7, 11) is 1.95. The lowest BCUT2D eigenvalue weighted by molar-refractivity contribution is 0.0700. The number of thiophene rings is 1. The molecule has 7 heteroatoms. The van der Waals surface area contributed by atoms with Crippen LogP contribution in [0.4, 0.5) is 5.82 Å². The molecule has 2 aromatic rings. The molecule has 2 fully saturated rings. The molecule has 1 aliphatic heterocycles. The first-order valence-corrected chi connectivity index (χ1v) is 10.8. The molecule has 3 heterocycles. The van der Waals surface area contributed by atoms with Gasteiger partial charge in [0.05, 0.1) is 16.4 Å². The summed E-state index contributed by atoms with van der Waals surface area (Å²) in [6.45, 7) is 3.60. The molecule has 1 amide bonds. The first-order valence-electron chi connectivity index (χ1n) is 10.0. The van der Waals surface area contributed by atoms with Gasteiger partial charge in [-0.2, -0.15) is 0 Å². The Morgan fingerprint density at radius 2 is 2.07 bits per heavy atom. The fraction of sp³-hybridized carbons (Fsp3) is 0.650. The van der Waals surface area contributed by atoms with E-state index in [9.17, 15) is 4.79 Å². The Hall–Kier alpha value is -1.73. The molecule has 1 N–H and O–H groups in total. The minimum absolute atomic E-state index is 0.118. The van der Waals surface area contributed by atoms with Gasteiger partial charge < -0.3 is 15.0 Å². The van der Waals surface area contributed by atoms with E-state index in [1.165, 1.54) is 30.6 Å². The van der Waals surface area contributed by atoms with E-state index in [1.807, 2.05) is 18.9 Å². The van der Waals surface area contributed by atoms with Crippen LogP contribution >= 0.6 is 11.3 Å². The van der Waals surface area contributed by atoms with Gasteiger partial charge in [0.1, 0.15) is 17.0 Å². The Morgan fingerprint density at radius 3 is 2.81 bits per heavy atom. The number of ether oxygens (including phenoxy) is 1. The third-order valence-corrected chi connectivity index (χ3v) is 7.07. The van der Waals surface area contributed by atoms with Crippen molar-refractivity contribution in [2.24, 2.45) is 0 Å². The summed E-state index contributed by atoms with van der Waals surface area (Å²) in [5, 5.41) is 4.39. The van der Waals surface area contributed by atoms with Crippen molar-refractivity contribution in [3.05, 3.63) is 16.8 Å². The van der Waals surface area contributed by atoms with Crippen molar-refractivity contribution in [3.8, 4) is 0 Å². The van der Waals surface area contributed by atoms with E-state index >= 15 is 0 Å². The summed E-state index contributed by atoms with van der Waals surface area (Å²) >= 11 is 1.48. The van der Waals surface area contributed by atoms with E-state index in [2.05, 4.69) is 15.3 Å². The Balaban J connectivity index is 1.57. The summed E-state index contributed by atoms with van der Waals surface area (Å²) < 4.78 is 5.69. The van der Waals surface area contributed by atoms with E-state index in [4.69, 9.17) is 4.74 Å². The molecule has 146 valence electrons. The number of aromatic nitrogens is 2. The topological polar surface area (TPSA) is 67.4 Å². The molecule has 27 heavy (non-hydrogen) atoms. The van der Waals surface area contributed by atoms with Crippen molar-refractivity contribution in [2.45, 2.75) is 64.0 Å². The highest BCUT2D eigenvalue weighted by molar-refractivity contribution is 7.20. The van der Waals surface area contributed by atoms with Crippen LogP contribution in [0, 0.1) is 6.92 Å². The van der Waals surface area contributed by atoms with Crippen molar-refractivity contribution in [3.63, 3.8) is 0 Å². The van der Waals surface area contributed by atoms with Gasteiger partial charge in [0.25, 0.3) is 5.91 Å². The van der Waals surface area contributed by atoms with Gasteiger partial charge in [-0.05, 0) is 38.2 Å². The quantitative estimate of drug-likeness (QED) is 0.839. The number of rotatable bonds is 5. The molecule has 0 bridgehead atoms. The van der Waals surface area contributed by atoms with Gasteiger partial charge in [-0.3, -0.25) is 4.79 Å². The van der Waals surface area contributed by atoms with Gasteiger partial charge in [-0.25, -0.2) is 9.97 Å². The summed E-state index contributed by atoms with van der Waals surface area (Å²) in [6, 6.07) is 0.360. The molecule has 6 nitrogen and oxygen atoms in total. The second-order valence-electron chi connectivity index (χ2n) is 7.68. The van der Waals surface area contributed by atoms with Gasteiger partial charge in [-0.15, -0.1) is 11.3 Å². The number of nitrogens with zero attached hydrogens (tertiary/aromatic N) is 3. The molecule has 0 radical (unpaired) electrons. The largest absolute Gasteiger partial charge is 0.376 e. The Labute approximate surface area is 164 Å². The molecule has 1 saturated heterocycles. The summed E-state index contributed by atoms with van der Waals surface area (Å²) in [4.78, 5) is 25.6. The van der Waals surface area contributed by atoms with E-state index in [1.54, 1.807) is 6.33 Å². The number of carbonyl (C=O) groups is 1. The van der Waals surface area contributed by atoms with Crippen LogP contribution in [-0.2, 0) is 4.74 Å². The zero-order valence-corrected chi connectivity index (χ0v) is 17.0. The Bertz CT molecular complexity index is 810. The highest BCUT2D eigenvalue weighted by Crippen LogP contribution is 2.35. The SMILES string of the molecule is Cc1c(C(=O)N(C)C2CCCCC2)sc2ncnc(NCC3CCCO3)c12. The molecular weight excluding hydrogens is 360 g/mol. The average molecular weight is 389 g/mol. The number of carbonyl (C=O) groups excluding carboxylic acids is 1. The zero-order valence-electron chi connectivity index (χ0n) is 16.2. The molecule has 1 unspecified atom stereocenters. The number of hydrogen-bond acceptors (Lipinski definition) is 6. The maximum Gasteiger partial charge on any atom is 0.264 e. The maximum absolute atomic E-state index is 13.2. The maximum atomic E-state index is 13.2. The molecule has 1 saturated carbocycles. The zero-order chi connectivity index (χ0) is 18.8. The number of amides is 1. The molecule has 1 atom stereocenters. The van der Waals surface area contributed by atoms with E-state index in [-0.39, 0.29) is 12.0 Å². The predicted octanol–water partition coefficient (Wildman–Crippen LogP) is 4.00. The normalized spacial score (nSPS) is 20.9. The molecule has 2 aromatic heterocycles. The summed E-state index contributed by atoms with van der Waals surface area (Å²) in [5.41, 5.74) is 0.984. The number of hydrogen-bond donors (Lipinski definition) is 1. The second-order valence-corrected chi connectivity index (χ2v) is 8.68. The standard InChI is InChI=1S/C20H28N4O2S/c1-13-16-18(21-11-15-9-6-10-26-15)22-12-23-19(16)27-17(13)20(25)24(2)14-7-4-3-5-8-14/h12,14-15H,3-11H2,1-2H3,(H,21,22,23). The molecular formula is C20H28N4O2S. The van der Waals surface area contributed by atoms with Crippen molar-refractivity contribution in [1.82, 2.24) is 14.9 Å². The van der Waals surface area contributed by atoms with Crippen LogP contribution in [0.3, 0.4) is 0 Å². The Morgan fingerprint density at radius 1 is 1.26 bits per heavy atom. The lowest BCUT2D eigenvalue weighted by Crippen LogP contribution is -2.38. The first kappa shape index (κ1) is 18.6. The van der Waals surface area contributed by atoms with Crippen LogP contribution in [0.2, 0.25) is 0 Å². The lowest BCUT2D eigenvalue weighted by Gasteiger charge is -2.31. The smallest absolute Gasteiger partial charge is 0.264 e.